The van der Waals surface area contributed by atoms with Crippen LogP contribution >= 0.6 is 0 Å². The zero-order chi connectivity index (χ0) is 19.8. The van der Waals surface area contributed by atoms with Crippen molar-refractivity contribution in [3.05, 3.63) is 23.4 Å². The fourth-order valence-electron chi connectivity index (χ4n) is 3.58. The molecule has 2 N–H and O–H groups in total. The number of urea groups is 1. The molecule has 0 aliphatic carbocycles. The Morgan fingerprint density at radius 2 is 2.07 bits per heavy atom. The third-order valence-corrected chi connectivity index (χ3v) is 5.16. The number of hydrogen-bond donors (Lipinski definition) is 2. The van der Waals surface area contributed by atoms with Crippen LogP contribution in [0.25, 0.3) is 0 Å². The van der Waals surface area contributed by atoms with Crippen LogP contribution in [0.5, 0.6) is 0 Å². The third-order valence-electron chi connectivity index (χ3n) is 5.16. The summed E-state index contributed by atoms with van der Waals surface area (Å²) in [6.07, 6.45) is 3.97. The minimum absolute atomic E-state index is 0.0316. The SMILES string of the molecule is CCOC(=O)CN1CCN(C(=O)NCCCc2ccc3c(n2)NCCC3)CC1. The van der Waals surface area contributed by atoms with Gasteiger partial charge in [0.1, 0.15) is 5.82 Å². The summed E-state index contributed by atoms with van der Waals surface area (Å²) in [5.41, 5.74) is 2.36. The molecule has 3 rings (SSSR count). The molecule has 8 heteroatoms. The summed E-state index contributed by atoms with van der Waals surface area (Å²) >= 11 is 0. The van der Waals surface area contributed by atoms with Crippen LogP contribution in [0.4, 0.5) is 10.6 Å². The number of carbonyl (C=O) groups is 2. The van der Waals surface area contributed by atoms with Crippen molar-refractivity contribution in [3.8, 4) is 0 Å². The number of aromatic nitrogens is 1. The Hall–Kier alpha value is -2.35. The van der Waals surface area contributed by atoms with Gasteiger partial charge in [-0.05, 0) is 44.2 Å². The highest BCUT2D eigenvalue weighted by Crippen LogP contribution is 2.20. The average molecular weight is 390 g/mol. The van der Waals surface area contributed by atoms with Crippen LogP contribution in [0, 0.1) is 0 Å². The number of amides is 2. The topological polar surface area (TPSA) is 86.8 Å². The monoisotopic (exact) mass is 389 g/mol. The van der Waals surface area contributed by atoms with Crippen molar-refractivity contribution in [2.24, 2.45) is 0 Å². The number of hydrogen-bond acceptors (Lipinski definition) is 6. The lowest BCUT2D eigenvalue weighted by molar-refractivity contribution is -0.144. The Bertz CT molecular complexity index is 674. The second-order valence-corrected chi connectivity index (χ2v) is 7.24. The van der Waals surface area contributed by atoms with E-state index < -0.39 is 0 Å². The van der Waals surface area contributed by atoms with Gasteiger partial charge in [-0.15, -0.1) is 0 Å². The molecule has 0 bridgehead atoms. The van der Waals surface area contributed by atoms with Gasteiger partial charge >= 0.3 is 12.0 Å². The molecule has 1 fully saturated rings. The molecule has 1 aromatic heterocycles. The van der Waals surface area contributed by atoms with Crippen LogP contribution in [0.1, 0.15) is 31.0 Å². The molecule has 28 heavy (non-hydrogen) atoms. The summed E-state index contributed by atoms with van der Waals surface area (Å²) in [5.74, 6) is 0.819. The summed E-state index contributed by atoms with van der Waals surface area (Å²) in [7, 11) is 0. The molecule has 0 atom stereocenters. The van der Waals surface area contributed by atoms with E-state index in [9.17, 15) is 9.59 Å². The zero-order valence-electron chi connectivity index (χ0n) is 16.7. The Balaban J connectivity index is 1.32. The molecule has 0 unspecified atom stereocenters. The molecule has 3 heterocycles. The zero-order valence-corrected chi connectivity index (χ0v) is 16.7. The van der Waals surface area contributed by atoms with Crippen molar-refractivity contribution >= 4 is 17.8 Å². The lowest BCUT2D eigenvalue weighted by Crippen LogP contribution is -2.52. The molecule has 8 nitrogen and oxygen atoms in total. The maximum Gasteiger partial charge on any atom is 0.320 e. The predicted octanol–water partition coefficient (Wildman–Crippen LogP) is 1.26. The summed E-state index contributed by atoms with van der Waals surface area (Å²) < 4.78 is 4.97. The van der Waals surface area contributed by atoms with E-state index >= 15 is 0 Å². The highest BCUT2D eigenvalue weighted by atomic mass is 16.5. The minimum atomic E-state index is -0.202. The van der Waals surface area contributed by atoms with Crippen LogP contribution in [0.15, 0.2) is 12.1 Å². The highest BCUT2D eigenvalue weighted by Gasteiger charge is 2.22. The fraction of sp³-hybridized carbons (Fsp3) is 0.650. The molecule has 2 amide bonds. The standard InChI is InChI=1S/C20H31N5O3/c1-2-28-18(26)15-24-11-13-25(14-12-24)20(27)22-10-4-6-17-8-7-16-5-3-9-21-19(16)23-17/h7-8H,2-6,9-15H2,1H3,(H,21,23)(H,22,27). The molecule has 0 radical (unpaired) electrons. The first-order valence-electron chi connectivity index (χ1n) is 10.3. The molecule has 0 saturated carbocycles. The Morgan fingerprint density at radius 3 is 2.86 bits per heavy atom. The van der Waals surface area contributed by atoms with Crippen molar-refractivity contribution in [1.29, 1.82) is 0 Å². The Kier molecular flexibility index (Phi) is 7.47. The molecule has 2 aliphatic heterocycles. The van der Waals surface area contributed by atoms with E-state index in [0.29, 0.717) is 45.9 Å². The first kappa shape index (κ1) is 20.4. The van der Waals surface area contributed by atoms with E-state index in [1.165, 1.54) is 5.56 Å². The van der Waals surface area contributed by atoms with Gasteiger partial charge in [-0.2, -0.15) is 0 Å². The van der Waals surface area contributed by atoms with Crippen LogP contribution in [0.3, 0.4) is 0 Å². The number of pyridine rings is 1. The molecule has 1 saturated heterocycles. The van der Waals surface area contributed by atoms with Gasteiger partial charge in [-0.3, -0.25) is 9.69 Å². The average Bonchev–Trinajstić information content (AvgIpc) is 2.71. The van der Waals surface area contributed by atoms with Gasteiger partial charge < -0.3 is 20.3 Å². The largest absolute Gasteiger partial charge is 0.465 e. The van der Waals surface area contributed by atoms with Gasteiger partial charge in [-0.1, -0.05) is 6.07 Å². The fourth-order valence-corrected chi connectivity index (χ4v) is 3.58. The number of fused-ring (bicyclic) bond motifs is 1. The molecule has 0 spiro atoms. The number of esters is 1. The summed E-state index contributed by atoms with van der Waals surface area (Å²) in [6.45, 7) is 6.77. The van der Waals surface area contributed by atoms with Gasteiger partial charge in [0.15, 0.2) is 0 Å². The lowest BCUT2D eigenvalue weighted by Gasteiger charge is -2.34. The van der Waals surface area contributed by atoms with Crippen LogP contribution < -0.4 is 10.6 Å². The number of carbonyl (C=O) groups excluding carboxylic acids is 2. The van der Waals surface area contributed by atoms with Crippen molar-refractivity contribution in [2.75, 3.05) is 57.7 Å². The van der Waals surface area contributed by atoms with E-state index in [-0.39, 0.29) is 12.0 Å². The van der Waals surface area contributed by atoms with Crippen LogP contribution in [-0.2, 0) is 22.4 Å². The number of nitrogens with zero attached hydrogens (tertiary/aromatic N) is 3. The maximum atomic E-state index is 12.3. The summed E-state index contributed by atoms with van der Waals surface area (Å²) in [5, 5.41) is 6.35. The van der Waals surface area contributed by atoms with E-state index in [4.69, 9.17) is 4.74 Å². The number of aryl methyl sites for hydroxylation is 2. The second kappa shape index (κ2) is 10.3. The van der Waals surface area contributed by atoms with Gasteiger partial charge in [0.2, 0.25) is 0 Å². The second-order valence-electron chi connectivity index (χ2n) is 7.24. The van der Waals surface area contributed by atoms with Crippen molar-refractivity contribution in [2.45, 2.75) is 32.6 Å². The van der Waals surface area contributed by atoms with Gasteiger partial charge in [0, 0.05) is 45.0 Å². The van der Waals surface area contributed by atoms with Crippen LogP contribution in [0.2, 0.25) is 0 Å². The van der Waals surface area contributed by atoms with Gasteiger partial charge in [0.25, 0.3) is 0 Å². The number of rotatable bonds is 7. The molecular formula is C20H31N5O3. The number of piperazine rings is 1. The quantitative estimate of drug-likeness (QED) is 0.539. The summed E-state index contributed by atoms with van der Waals surface area (Å²) in [4.78, 5) is 32.4. The minimum Gasteiger partial charge on any atom is -0.465 e. The van der Waals surface area contributed by atoms with Crippen LogP contribution in [-0.4, -0.2) is 79.2 Å². The highest BCUT2D eigenvalue weighted by molar-refractivity contribution is 5.74. The summed E-state index contributed by atoms with van der Waals surface area (Å²) in [6, 6.07) is 4.23. The van der Waals surface area contributed by atoms with Crippen molar-refractivity contribution in [3.63, 3.8) is 0 Å². The van der Waals surface area contributed by atoms with Crippen molar-refractivity contribution < 1.29 is 14.3 Å². The first-order chi connectivity index (χ1) is 13.7. The normalized spacial score (nSPS) is 16.8. The van der Waals surface area contributed by atoms with Gasteiger partial charge in [0.05, 0.1) is 13.2 Å². The third kappa shape index (κ3) is 5.82. The maximum absolute atomic E-state index is 12.3. The van der Waals surface area contributed by atoms with E-state index in [1.807, 2.05) is 9.80 Å². The number of anilines is 1. The molecule has 1 aromatic rings. The smallest absolute Gasteiger partial charge is 0.320 e. The first-order valence-corrected chi connectivity index (χ1v) is 10.3. The Morgan fingerprint density at radius 1 is 1.25 bits per heavy atom. The van der Waals surface area contributed by atoms with E-state index in [1.54, 1.807) is 6.92 Å². The van der Waals surface area contributed by atoms with Crippen molar-refractivity contribution in [1.82, 2.24) is 20.1 Å². The number of ether oxygens (including phenoxy) is 1. The molecule has 154 valence electrons. The van der Waals surface area contributed by atoms with E-state index in [2.05, 4.69) is 27.8 Å². The molecule has 2 aliphatic rings. The predicted molar refractivity (Wildman–Crippen MR) is 107 cm³/mol. The van der Waals surface area contributed by atoms with Gasteiger partial charge in [-0.25, -0.2) is 9.78 Å². The number of nitrogens with one attached hydrogen (secondary N) is 2. The Labute approximate surface area is 166 Å². The lowest BCUT2D eigenvalue weighted by atomic mass is 10.1. The molecular weight excluding hydrogens is 358 g/mol. The molecule has 0 aromatic carbocycles. The van der Waals surface area contributed by atoms with E-state index in [0.717, 1.165) is 43.7 Å².